The molecule has 11 rings (SSSR count). The van der Waals surface area contributed by atoms with Crippen LogP contribution in [0.1, 0.15) is 0 Å². The molecule has 0 aliphatic carbocycles. The van der Waals surface area contributed by atoms with Gasteiger partial charge in [-0.3, -0.25) is 0 Å². The summed E-state index contributed by atoms with van der Waals surface area (Å²) in [7, 11) is 0. The van der Waals surface area contributed by atoms with Crippen LogP contribution in [0.15, 0.2) is 205 Å². The Morgan fingerprint density at radius 3 is 1.70 bits per heavy atom. The monoisotopic (exact) mass is 727 g/mol. The molecule has 0 amide bonds. The van der Waals surface area contributed by atoms with Crippen molar-refractivity contribution in [2.75, 3.05) is 0 Å². The second-order valence-corrected chi connectivity index (χ2v) is 14.4. The topological polar surface area (TPSA) is 51.8 Å². The molecule has 57 heavy (non-hydrogen) atoms. The van der Waals surface area contributed by atoms with Crippen LogP contribution in [0.25, 0.3) is 111 Å². The van der Waals surface area contributed by atoms with Crippen LogP contribution in [-0.2, 0) is 0 Å². The minimum absolute atomic E-state index is 0.625. The molecule has 0 aliphatic heterocycles. The maximum atomic E-state index is 6.19. The molecule has 0 saturated heterocycles. The van der Waals surface area contributed by atoms with E-state index in [1.54, 1.807) is 0 Å². The zero-order valence-corrected chi connectivity index (χ0v) is 30.8. The Hall–Kier alpha value is -7.69. The maximum Gasteiger partial charge on any atom is 0.164 e. The van der Waals surface area contributed by atoms with Crippen LogP contribution in [0.2, 0.25) is 0 Å². The highest BCUT2D eigenvalue weighted by atomic mass is 16.3. The largest absolute Gasteiger partial charge is 0.456 e. The molecular formula is C53H33N3O. The van der Waals surface area contributed by atoms with E-state index in [9.17, 15) is 0 Å². The first-order valence-electron chi connectivity index (χ1n) is 19.2. The van der Waals surface area contributed by atoms with Crippen molar-refractivity contribution < 1.29 is 4.42 Å². The minimum Gasteiger partial charge on any atom is -0.456 e. The molecule has 9 aromatic carbocycles. The molecule has 0 fully saturated rings. The van der Waals surface area contributed by atoms with Crippen molar-refractivity contribution in [2.45, 2.75) is 0 Å². The van der Waals surface area contributed by atoms with Crippen molar-refractivity contribution in [1.29, 1.82) is 0 Å². The van der Waals surface area contributed by atoms with Gasteiger partial charge in [0.2, 0.25) is 0 Å². The highest BCUT2D eigenvalue weighted by Crippen LogP contribution is 2.39. The summed E-state index contributed by atoms with van der Waals surface area (Å²) in [6.45, 7) is 0. The van der Waals surface area contributed by atoms with E-state index in [4.69, 9.17) is 19.4 Å². The summed E-state index contributed by atoms with van der Waals surface area (Å²) in [5.41, 5.74) is 11.4. The predicted octanol–water partition coefficient (Wildman–Crippen LogP) is 14.1. The van der Waals surface area contributed by atoms with Gasteiger partial charge in [0.25, 0.3) is 0 Å². The number of para-hydroxylation sites is 1. The molecule has 2 heterocycles. The Morgan fingerprint density at radius 1 is 0.281 bits per heavy atom. The van der Waals surface area contributed by atoms with Gasteiger partial charge in [0.05, 0.1) is 0 Å². The van der Waals surface area contributed by atoms with Crippen LogP contribution in [0.4, 0.5) is 0 Å². The quantitative estimate of drug-likeness (QED) is 0.171. The molecule has 0 saturated carbocycles. The third-order valence-corrected chi connectivity index (χ3v) is 10.9. The van der Waals surface area contributed by atoms with Crippen molar-refractivity contribution in [2.24, 2.45) is 0 Å². The minimum atomic E-state index is 0.625. The molecule has 4 heteroatoms. The van der Waals surface area contributed by atoms with Crippen molar-refractivity contribution in [3.05, 3.63) is 200 Å². The molecule has 0 unspecified atom stereocenters. The molecule has 11 aromatic rings. The SMILES string of the molecule is c1ccc(-c2nc(-c3cccc(-c4ccc5cc(-c6cccc7oc8ccccc8c67)ccc5c4)c3)nc(-c3ccccc3-c3cccc4ccccc34)n2)cc1. The molecule has 2 aromatic heterocycles. The number of fused-ring (bicyclic) bond motifs is 5. The summed E-state index contributed by atoms with van der Waals surface area (Å²) >= 11 is 0. The van der Waals surface area contributed by atoms with Crippen LogP contribution in [0.5, 0.6) is 0 Å². The highest BCUT2D eigenvalue weighted by Gasteiger charge is 2.18. The number of benzene rings is 9. The predicted molar refractivity (Wildman–Crippen MR) is 235 cm³/mol. The smallest absolute Gasteiger partial charge is 0.164 e. The summed E-state index contributed by atoms with van der Waals surface area (Å²) in [5, 5.41) is 7.01. The molecule has 0 radical (unpaired) electrons. The first-order chi connectivity index (χ1) is 28.2. The fourth-order valence-corrected chi connectivity index (χ4v) is 8.16. The number of aromatic nitrogens is 3. The average molecular weight is 728 g/mol. The van der Waals surface area contributed by atoms with Crippen LogP contribution in [0, 0.1) is 0 Å². The molecule has 0 bridgehead atoms. The first-order valence-corrected chi connectivity index (χ1v) is 19.2. The lowest BCUT2D eigenvalue weighted by Crippen LogP contribution is -2.01. The Kier molecular flexibility index (Phi) is 7.78. The normalized spacial score (nSPS) is 11.5. The van der Waals surface area contributed by atoms with E-state index in [1.807, 2.05) is 48.5 Å². The summed E-state index contributed by atoms with van der Waals surface area (Å²) in [5.74, 6) is 1.89. The third kappa shape index (κ3) is 5.83. The number of hydrogen-bond acceptors (Lipinski definition) is 4. The summed E-state index contributed by atoms with van der Waals surface area (Å²) in [4.78, 5) is 15.4. The Balaban J connectivity index is 0.998. The zero-order valence-electron chi connectivity index (χ0n) is 30.8. The number of rotatable bonds is 6. The first kappa shape index (κ1) is 32.7. The number of nitrogens with zero attached hydrogens (tertiary/aromatic N) is 3. The van der Waals surface area contributed by atoms with E-state index in [0.717, 1.165) is 66.4 Å². The van der Waals surface area contributed by atoms with Gasteiger partial charge in [-0.2, -0.15) is 0 Å². The zero-order chi connectivity index (χ0) is 37.7. The van der Waals surface area contributed by atoms with Crippen molar-refractivity contribution in [3.63, 3.8) is 0 Å². The van der Waals surface area contributed by atoms with Crippen LogP contribution in [-0.4, -0.2) is 15.0 Å². The summed E-state index contributed by atoms with van der Waals surface area (Å²) in [6, 6.07) is 70.0. The molecule has 4 nitrogen and oxygen atoms in total. The second kappa shape index (κ2) is 13.6. The van der Waals surface area contributed by atoms with Gasteiger partial charge in [0.15, 0.2) is 17.5 Å². The van der Waals surface area contributed by atoms with Crippen molar-refractivity contribution >= 4 is 43.5 Å². The van der Waals surface area contributed by atoms with Crippen LogP contribution >= 0.6 is 0 Å². The third-order valence-electron chi connectivity index (χ3n) is 10.9. The van der Waals surface area contributed by atoms with E-state index in [1.165, 1.54) is 27.1 Å². The van der Waals surface area contributed by atoms with Crippen molar-refractivity contribution in [1.82, 2.24) is 15.0 Å². The lowest BCUT2D eigenvalue weighted by atomic mass is 9.94. The van der Waals surface area contributed by atoms with Gasteiger partial charge in [0.1, 0.15) is 11.2 Å². The standard InChI is InChI=1S/C53H33N3O/c1-2-14-35(15-3-1)51-54-52(56-53(55-51)46-21-7-6-20-45(46)44-24-11-16-34-13-4-5-19-42(34)44)41-18-10-17-36(33-41)37-27-28-39-32-40(30-29-38(39)31-37)43-23-12-26-49-50(43)47-22-8-9-25-48(47)57-49/h1-33H. The summed E-state index contributed by atoms with van der Waals surface area (Å²) < 4.78 is 6.19. The molecule has 0 spiro atoms. The fraction of sp³-hybridized carbons (Fsp3) is 0. The average Bonchev–Trinajstić information content (AvgIpc) is 3.68. The molecule has 266 valence electrons. The lowest BCUT2D eigenvalue weighted by Gasteiger charge is -2.14. The Labute approximate surface area is 329 Å². The van der Waals surface area contributed by atoms with Gasteiger partial charge < -0.3 is 4.42 Å². The van der Waals surface area contributed by atoms with Gasteiger partial charge in [0, 0.05) is 27.5 Å². The van der Waals surface area contributed by atoms with Gasteiger partial charge in [-0.1, -0.05) is 170 Å². The van der Waals surface area contributed by atoms with E-state index < -0.39 is 0 Å². The highest BCUT2D eigenvalue weighted by molar-refractivity contribution is 6.13. The fourth-order valence-electron chi connectivity index (χ4n) is 8.16. The van der Waals surface area contributed by atoms with Gasteiger partial charge >= 0.3 is 0 Å². The van der Waals surface area contributed by atoms with Crippen LogP contribution < -0.4 is 0 Å². The van der Waals surface area contributed by atoms with E-state index in [0.29, 0.717) is 17.5 Å². The van der Waals surface area contributed by atoms with Crippen LogP contribution in [0.3, 0.4) is 0 Å². The number of furan rings is 1. The van der Waals surface area contributed by atoms with Gasteiger partial charge in [-0.15, -0.1) is 0 Å². The van der Waals surface area contributed by atoms with Gasteiger partial charge in [-0.25, -0.2) is 15.0 Å². The molecule has 0 N–H and O–H groups in total. The lowest BCUT2D eigenvalue weighted by molar-refractivity contribution is 0.669. The number of hydrogen-bond donors (Lipinski definition) is 0. The Bertz CT molecular complexity index is 3310. The van der Waals surface area contributed by atoms with E-state index in [2.05, 4.69) is 152 Å². The maximum absolute atomic E-state index is 6.19. The Morgan fingerprint density at radius 2 is 0.825 bits per heavy atom. The van der Waals surface area contributed by atoms with E-state index >= 15 is 0 Å². The second-order valence-electron chi connectivity index (χ2n) is 14.4. The molecule has 0 aliphatic rings. The molecular weight excluding hydrogens is 695 g/mol. The van der Waals surface area contributed by atoms with Crippen molar-refractivity contribution in [3.8, 4) is 67.5 Å². The summed E-state index contributed by atoms with van der Waals surface area (Å²) in [6.07, 6.45) is 0. The van der Waals surface area contributed by atoms with E-state index in [-0.39, 0.29) is 0 Å². The van der Waals surface area contributed by atoms with Gasteiger partial charge in [-0.05, 0) is 85.3 Å². The molecule has 0 atom stereocenters.